The lowest BCUT2D eigenvalue weighted by atomic mass is 10.0. The summed E-state index contributed by atoms with van der Waals surface area (Å²) in [6.45, 7) is 0. The minimum atomic E-state index is 0.541. The van der Waals surface area contributed by atoms with Crippen LogP contribution < -0.4 is 22.9 Å². The molecule has 0 aromatic heterocycles. The van der Waals surface area contributed by atoms with Crippen LogP contribution in [0.3, 0.4) is 0 Å². The van der Waals surface area contributed by atoms with E-state index >= 15 is 0 Å². The number of nitrogens with two attached hydrogens (primary N) is 4. The predicted molar refractivity (Wildman–Crippen MR) is 69.5 cm³/mol. The van der Waals surface area contributed by atoms with Crippen molar-refractivity contribution in [1.82, 2.24) is 0 Å². The highest BCUT2D eigenvalue weighted by molar-refractivity contribution is 5.90. The van der Waals surface area contributed by atoms with Crippen molar-refractivity contribution >= 4 is 22.7 Å². The van der Waals surface area contributed by atoms with Crippen LogP contribution in [0.25, 0.3) is 11.1 Å². The van der Waals surface area contributed by atoms with Gasteiger partial charge in [-0.25, -0.2) is 0 Å². The van der Waals surface area contributed by atoms with E-state index in [9.17, 15) is 0 Å². The Balaban J connectivity index is 2.63. The van der Waals surface area contributed by atoms with E-state index in [1.165, 1.54) is 0 Å². The van der Waals surface area contributed by atoms with Gasteiger partial charge in [-0.1, -0.05) is 18.2 Å². The van der Waals surface area contributed by atoms with E-state index in [1.54, 1.807) is 18.2 Å². The summed E-state index contributed by atoms with van der Waals surface area (Å²) in [5.41, 5.74) is 27.2. The summed E-state index contributed by atoms with van der Waals surface area (Å²) in [5.74, 6) is 0. The lowest BCUT2D eigenvalue weighted by molar-refractivity contribution is 1.59. The van der Waals surface area contributed by atoms with Crippen LogP contribution in [0.5, 0.6) is 0 Å². The molecule has 0 aliphatic carbocycles. The molecule has 8 N–H and O–H groups in total. The minimum absolute atomic E-state index is 0.541. The molecule has 0 bridgehead atoms. The lowest BCUT2D eigenvalue weighted by Gasteiger charge is -2.11. The number of benzene rings is 2. The summed E-state index contributed by atoms with van der Waals surface area (Å²) >= 11 is 0. The molecular weight excluding hydrogens is 200 g/mol. The summed E-state index contributed by atoms with van der Waals surface area (Å²) in [6.07, 6.45) is 0. The van der Waals surface area contributed by atoms with Crippen molar-refractivity contribution in [3.05, 3.63) is 36.4 Å². The number of hydrogen-bond donors (Lipinski definition) is 4. The molecular formula is C12H14N4. The molecule has 0 unspecified atom stereocenters. The molecule has 0 saturated heterocycles. The molecule has 0 aliphatic rings. The highest BCUT2D eigenvalue weighted by Crippen LogP contribution is 2.34. The van der Waals surface area contributed by atoms with E-state index in [0.717, 1.165) is 11.1 Å². The van der Waals surface area contributed by atoms with Crippen LogP contribution in [0.15, 0.2) is 36.4 Å². The van der Waals surface area contributed by atoms with Crippen LogP contribution in [0.4, 0.5) is 22.7 Å². The SMILES string of the molecule is Nc1ccc(-c2cccc(N)c2N)c(N)c1. The fraction of sp³-hybridized carbons (Fsp3) is 0. The molecule has 2 rings (SSSR count). The third-order valence-electron chi connectivity index (χ3n) is 2.51. The Morgan fingerprint density at radius 3 is 2.12 bits per heavy atom. The van der Waals surface area contributed by atoms with Crippen LogP contribution in [0.2, 0.25) is 0 Å². The van der Waals surface area contributed by atoms with Crippen LogP contribution >= 0.6 is 0 Å². The highest BCUT2D eigenvalue weighted by atomic mass is 14.7. The van der Waals surface area contributed by atoms with E-state index in [0.29, 0.717) is 22.7 Å². The molecule has 0 spiro atoms. The third kappa shape index (κ3) is 1.61. The zero-order valence-corrected chi connectivity index (χ0v) is 8.77. The molecule has 0 amide bonds. The van der Waals surface area contributed by atoms with Gasteiger partial charge in [-0.15, -0.1) is 0 Å². The smallest absolute Gasteiger partial charge is 0.0628 e. The van der Waals surface area contributed by atoms with Crippen molar-refractivity contribution in [2.24, 2.45) is 0 Å². The molecule has 0 aliphatic heterocycles. The van der Waals surface area contributed by atoms with Gasteiger partial charge in [-0.05, 0) is 18.2 Å². The Bertz CT molecular complexity index is 535. The predicted octanol–water partition coefficient (Wildman–Crippen LogP) is 1.68. The minimum Gasteiger partial charge on any atom is -0.399 e. The number of hydrogen-bond acceptors (Lipinski definition) is 4. The van der Waals surface area contributed by atoms with E-state index in [2.05, 4.69) is 0 Å². The number of anilines is 4. The topological polar surface area (TPSA) is 104 Å². The summed E-state index contributed by atoms with van der Waals surface area (Å²) in [6, 6.07) is 10.8. The second kappa shape index (κ2) is 3.66. The van der Waals surface area contributed by atoms with Crippen molar-refractivity contribution in [2.75, 3.05) is 22.9 Å². The molecule has 16 heavy (non-hydrogen) atoms. The molecule has 0 saturated carbocycles. The number of para-hydroxylation sites is 1. The Labute approximate surface area is 93.8 Å². The Hall–Kier alpha value is -2.36. The Morgan fingerprint density at radius 1 is 0.688 bits per heavy atom. The molecule has 0 radical (unpaired) electrons. The first-order chi connectivity index (χ1) is 7.59. The monoisotopic (exact) mass is 214 g/mol. The van der Waals surface area contributed by atoms with Gasteiger partial charge in [-0.2, -0.15) is 0 Å². The summed E-state index contributed by atoms with van der Waals surface area (Å²) in [5, 5.41) is 0. The van der Waals surface area contributed by atoms with Crippen molar-refractivity contribution in [2.45, 2.75) is 0 Å². The van der Waals surface area contributed by atoms with Crippen LogP contribution in [0.1, 0.15) is 0 Å². The van der Waals surface area contributed by atoms with E-state index in [-0.39, 0.29) is 0 Å². The molecule has 4 nitrogen and oxygen atoms in total. The Kier molecular flexibility index (Phi) is 2.32. The highest BCUT2D eigenvalue weighted by Gasteiger charge is 2.08. The van der Waals surface area contributed by atoms with Crippen LogP contribution in [-0.2, 0) is 0 Å². The van der Waals surface area contributed by atoms with Gasteiger partial charge in [0.2, 0.25) is 0 Å². The first kappa shape index (κ1) is 10.2. The molecule has 0 fully saturated rings. The molecule has 0 heterocycles. The second-order valence-electron chi connectivity index (χ2n) is 3.66. The van der Waals surface area contributed by atoms with Crippen molar-refractivity contribution in [1.29, 1.82) is 0 Å². The number of nitrogen functional groups attached to an aromatic ring is 4. The van der Waals surface area contributed by atoms with E-state index in [4.69, 9.17) is 22.9 Å². The maximum absolute atomic E-state index is 5.91. The van der Waals surface area contributed by atoms with Gasteiger partial charge in [0, 0.05) is 22.5 Å². The largest absolute Gasteiger partial charge is 0.399 e. The van der Waals surface area contributed by atoms with Crippen molar-refractivity contribution < 1.29 is 0 Å². The maximum atomic E-state index is 5.91. The van der Waals surface area contributed by atoms with Gasteiger partial charge in [0.15, 0.2) is 0 Å². The van der Waals surface area contributed by atoms with E-state index in [1.807, 2.05) is 18.2 Å². The molecule has 4 heteroatoms. The fourth-order valence-electron chi connectivity index (χ4n) is 1.64. The molecule has 2 aromatic rings. The van der Waals surface area contributed by atoms with Crippen molar-refractivity contribution in [3.63, 3.8) is 0 Å². The quantitative estimate of drug-likeness (QED) is 0.542. The summed E-state index contributed by atoms with van der Waals surface area (Å²) in [7, 11) is 0. The van der Waals surface area contributed by atoms with Crippen LogP contribution in [0, 0.1) is 0 Å². The Morgan fingerprint density at radius 2 is 1.44 bits per heavy atom. The average Bonchev–Trinajstić information content (AvgIpc) is 2.23. The maximum Gasteiger partial charge on any atom is 0.0628 e. The van der Waals surface area contributed by atoms with Gasteiger partial charge < -0.3 is 22.9 Å². The van der Waals surface area contributed by atoms with E-state index < -0.39 is 0 Å². The lowest BCUT2D eigenvalue weighted by Crippen LogP contribution is -1.99. The van der Waals surface area contributed by atoms with Gasteiger partial charge in [0.1, 0.15) is 0 Å². The first-order valence-electron chi connectivity index (χ1n) is 4.89. The molecule has 2 aromatic carbocycles. The molecule has 82 valence electrons. The molecule has 0 atom stereocenters. The standard InChI is InChI=1S/C12H14N4/c13-7-4-5-8(11(15)6-7)9-2-1-3-10(14)12(9)16/h1-6H,13-16H2. The van der Waals surface area contributed by atoms with Gasteiger partial charge in [0.05, 0.1) is 11.4 Å². The summed E-state index contributed by atoms with van der Waals surface area (Å²) in [4.78, 5) is 0. The zero-order chi connectivity index (χ0) is 11.7. The average molecular weight is 214 g/mol. The second-order valence-corrected chi connectivity index (χ2v) is 3.66. The van der Waals surface area contributed by atoms with Gasteiger partial charge >= 0.3 is 0 Å². The summed E-state index contributed by atoms with van der Waals surface area (Å²) < 4.78 is 0. The fourth-order valence-corrected chi connectivity index (χ4v) is 1.64. The van der Waals surface area contributed by atoms with Gasteiger partial charge in [-0.3, -0.25) is 0 Å². The third-order valence-corrected chi connectivity index (χ3v) is 2.51. The zero-order valence-electron chi connectivity index (χ0n) is 8.77. The first-order valence-corrected chi connectivity index (χ1v) is 4.89. The van der Waals surface area contributed by atoms with Crippen LogP contribution in [-0.4, -0.2) is 0 Å². The normalized spacial score (nSPS) is 10.2. The number of rotatable bonds is 1. The van der Waals surface area contributed by atoms with Gasteiger partial charge in [0.25, 0.3) is 0 Å². The van der Waals surface area contributed by atoms with Crippen molar-refractivity contribution in [3.8, 4) is 11.1 Å².